The first kappa shape index (κ1) is 35.7. The minimum Gasteiger partial charge on any atom is -0.478 e. The molecule has 0 saturated heterocycles. The number of ether oxygens (including phenoxy) is 1. The lowest BCUT2D eigenvalue weighted by molar-refractivity contribution is -0.274. The van der Waals surface area contributed by atoms with Gasteiger partial charge in [0.05, 0.1) is 21.6 Å². The molecule has 3 N–H and O–H groups in total. The number of nitrogens with one attached hydrogen (secondary N) is 1. The standard InChI is InChI=1S/C26H19ClF6N2O4.C7H6O2/c1-2-25(29,30)20-6-3-13(12-34-20)21-16(22(36)37)9-14(10-18(21)27)35-23(38)24(7-8-24)17-5-4-15(11-19(17)28)39-26(31,32)33;8-7(9)6-4-2-1-3-5-6/h3-6,9-12H,2,7-8H2,1H3,(H,35,38)(H,36,37);1-5H,(H,8,9). The smallest absolute Gasteiger partial charge is 0.478 e. The molecule has 0 atom stereocenters. The van der Waals surface area contributed by atoms with Crippen LogP contribution in [0.25, 0.3) is 11.1 Å². The molecule has 1 saturated carbocycles. The molecule has 0 radical (unpaired) electrons. The van der Waals surface area contributed by atoms with Crippen molar-refractivity contribution in [2.24, 2.45) is 0 Å². The maximum Gasteiger partial charge on any atom is 0.573 e. The number of alkyl halides is 5. The maximum atomic E-state index is 14.7. The summed E-state index contributed by atoms with van der Waals surface area (Å²) in [6, 6.07) is 15.4. The van der Waals surface area contributed by atoms with Crippen molar-refractivity contribution < 1.29 is 55.7 Å². The van der Waals surface area contributed by atoms with Crippen LogP contribution in [0.1, 0.15) is 58.2 Å². The van der Waals surface area contributed by atoms with Crippen LogP contribution >= 0.6 is 11.6 Å². The van der Waals surface area contributed by atoms with Gasteiger partial charge in [-0.1, -0.05) is 48.9 Å². The van der Waals surface area contributed by atoms with Crippen molar-refractivity contribution in [2.45, 2.75) is 43.9 Å². The number of carbonyl (C=O) groups excluding carboxylic acids is 1. The van der Waals surface area contributed by atoms with Gasteiger partial charge in [0.1, 0.15) is 17.3 Å². The molecule has 15 heteroatoms. The number of hydrogen-bond acceptors (Lipinski definition) is 5. The van der Waals surface area contributed by atoms with E-state index in [9.17, 15) is 45.8 Å². The van der Waals surface area contributed by atoms with Crippen LogP contribution in [0.5, 0.6) is 5.75 Å². The molecule has 0 unspecified atom stereocenters. The van der Waals surface area contributed by atoms with Crippen molar-refractivity contribution in [2.75, 3.05) is 5.32 Å². The summed E-state index contributed by atoms with van der Waals surface area (Å²) in [6.45, 7) is 1.29. The fraction of sp³-hybridized carbons (Fsp3) is 0.212. The number of carboxylic acids is 2. The Bertz CT molecular complexity index is 1830. The Morgan fingerprint density at radius 1 is 0.938 bits per heavy atom. The molecule has 3 aromatic carbocycles. The SMILES string of the molecule is CCC(F)(F)c1ccc(-c2c(Cl)cc(NC(=O)C3(c4ccc(OC(F)(F)F)cc4F)CC3)cc2C(=O)O)cn1.O=C(O)c1ccccc1. The first-order chi connectivity index (χ1) is 22.5. The van der Waals surface area contributed by atoms with Gasteiger partial charge in [0.15, 0.2) is 0 Å². The van der Waals surface area contributed by atoms with Crippen LogP contribution in [0.4, 0.5) is 32.0 Å². The summed E-state index contributed by atoms with van der Waals surface area (Å²) in [5.41, 5.74) is -1.98. The van der Waals surface area contributed by atoms with Crippen LogP contribution in [0, 0.1) is 5.82 Å². The number of amides is 1. The summed E-state index contributed by atoms with van der Waals surface area (Å²) in [5, 5.41) is 20.5. The fourth-order valence-corrected chi connectivity index (χ4v) is 5.06. The van der Waals surface area contributed by atoms with Crippen molar-refractivity contribution in [1.29, 1.82) is 0 Å². The second-order valence-corrected chi connectivity index (χ2v) is 11.0. The van der Waals surface area contributed by atoms with Crippen LogP contribution in [0.15, 0.2) is 79.0 Å². The molecular weight excluding hydrogens is 670 g/mol. The molecule has 1 heterocycles. The Labute approximate surface area is 274 Å². The highest BCUT2D eigenvalue weighted by Crippen LogP contribution is 2.50. The minimum atomic E-state index is -5.02. The van der Waals surface area contributed by atoms with Crippen molar-refractivity contribution in [3.63, 3.8) is 0 Å². The highest BCUT2D eigenvalue weighted by Gasteiger charge is 2.53. The highest BCUT2D eigenvalue weighted by atomic mass is 35.5. The van der Waals surface area contributed by atoms with E-state index in [2.05, 4.69) is 15.0 Å². The number of pyridine rings is 1. The van der Waals surface area contributed by atoms with Gasteiger partial charge in [-0.15, -0.1) is 13.2 Å². The number of anilines is 1. The lowest BCUT2D eigenvalue weighted by atomic mass is 9.93. The van der Waals surface area contributed by atoms with Crippen LogP contribution in [0.3, 0.4) is 0 Å². The number of hydrogen-bond donors (Lipinski definition) is 3. The molecule has 1 aliphatic rings. The summed E-state index contributed by atoms with van der Waals surface area (Å²) in [7, 11) is 0. The molecule has 1 aliphatic carbocycles. The molecule has 4 aromatic rings. The van der Waals surface area contributed by atoms with Gasteiger partial charge >= 0.3 is 18.3 Å². The topological polar surface area (TPSA) is 126 Å². The van der Waals surface area contributed by atoms with Gasteiger partial charge in [0, 0.05) is 41.1 Å². The van der Waals surface area contributed by atoms with Crippen molar-refractivity contribution >= 4 is 35.1 Å². The van der Waals surface area contributed by atoms with Crippen LogP contribution in [-0.2, 0) is 16.1 Å². The lowest BCUT2D eigenvalue weighted by Gasteiger charge is -2.19. The van der Waals surface area contributed by atoms with E-state index in [-0.39, 0.29) is 45.8 Å². The Morgan fingerprint density at radius 3 is 2.08 bits per heavy atom. The molecule has 1 fully saturated rings. The average Bonchev–Trinajstić information content (AvgIpc) is 3.83. The first-order valence-electron chi connectivity index (χ1n) is 14.0. The third kappa shape index (κ3) is 8.23. The second-order valence-electron chi connectivity index (χ2n) is 10.6. The monoisotopic (exact) mass is 694 g/mol. The average molecular weight is 695 g/mol. The van der Waals surface area contributed by atoms with E-state index in [1.54, 1.807) is 30.3 Å². The van der Waals surface area contributed by atoms with Gasteiger partial charge in [-0.05, 0) is 49.2 Å². The molecule has 0 spiro atoms. The van der Waals surface area contributed by atoms with Gasteiger partial charge in [0.2, 0.25) is 5.91 Å². The van der Waals surface area contributed by atoms with E-state index in [4.69, 9.17) is 16.7 Å². The normalized spacial score (nSPS) is 13.5. The number of halogens is 7. The van der Waals surface area contributed by atoms with Crippen molar-refractivity contribution in [3.8, 4) is 16.9 Å². The summed E-state index contributed by atoms with van der Waals surface area (Å²) in [4.78, 5) is 39.1. The Morgan fingerprint density at radius 2 is 1.60 bits per heavy atom. The van der Waals surface area contributed by atoms with Gasteiger partial charge in [-0.2, -0.15) is 8.78 Å². The molecule has 0 aliphatic heterocycles. The van der Waals surface area contributed by atoms with Crippen molar-refractivity contribution in [3.05, 3.63) is 112 Å². The van der Waals surface area contributed by atoms with Gasteiger partial charge in [0.25, 0.3) is 5.92 Å². The zero-order valence-electron chi connectivity index (χ0n) is 24.7. The first-order valence-corrected chi connectivity index (χ1v) is 14.4. The van der Waals surface area contributed by atoms with Crippen LogP contribution < -0.4 is 10.1 Å². The number of aromatic nitrogens is 1. The Hall–Kier alpha value is -5.11. The van der Waals surface area contributed by atoms with Crippen LogP contribution in [0.2, 0.25) is 5.02 Å². The number of rotatable bonds is 9. The minimum absolute atomic E-state index is 0.0199. The predicted molar refractivity (Wildman–Crippen MR) is 162 cm³/mol. The third-order valence-electron chi connectivity index (χ3n) is 7.34. The summed E-state index contributed by atoms with van der Waals surface area (Å²) < 4.78 is 83.5. The Kier molecular flexibility index (Phi) is 10.4. The van der Waals surface area contributed by atoms with E-state index >= 15 is 0 Å². The molecule has 5 rings (SSSR count). The van der Waals surface area contributed by atoms with E-state index in [1.807, 2.05) is 0 Å². The van der Waals surface area contributed by atoms with E-state index in [1.165, 1.54) is 19.1 Å². The summed E-state index contributed by atoms with van der Waals surface area (Å²) in [6.07, 6.45) is -4.06. The Balaban J connectivity index is 0.000000500. The number of aromatic carboxylic acids is 2. The molecular formula is C33H25ClF6N2O6. The van der Waals surface area contributed by atoms with Gasteiger partial charge in [-0.3, -0.25) is 9.78 Å². The molecule has 1 aromatic heterocycles. The number of carboxylic acid groups (broad SMARTS) is 2. The van der Waals surface area contributed by atoms with Gasteiger partial charge < -0.3 is 20.3 Å². The zero-order valence-corrected chi connectivity index (χ0v) is 25.5. The molecule has 252 valence electrons. The van der Waals surface area contributed by atoms with E-state index < -0.39 is 59.2 Å². The number of benzene rings is 3. The van der Waals surface area contributed by atoms with Crippen molar-refractivity contribution in [1.82, 2.24) is 4.98 Å². The quantitative estimate of drug-likeness (QED) is 0.150. The molecule has 0 bridgehead atoms. The largest absolute Gasteiger partial charge is 0.573 e. The second kappa shape index (κ2) is 13.9. The summed E-state index contributed by atoms with van der Waals surface area (Å²) in [5.74, 6) is -8.06. The predicted octanol–water partition coefficient (Wildman–Crippen LogP) is 8.69. The molecule has 1 amide bonds. The highest BCUT2D eigenvalue weighted by molar-refractivity contribution is 6.34. The zero-order chi connectivity index (χ0) is 35.4. The third-order valence-corrected chi connectivity index (χ3v) is 7.64. The van der Waals surface area contributed by atoms with Gasteiger partial charge in [-0.25, -0.2) is 14.0 Å². The van der Waals surface area contributed by atoms with Crippen LogP contribution in [-0.4, -0.2) is 39.4 Å². The number of carbonyl (C=O) groups is 3. The van der Waals surface area contributed by atoms with E-state index in [0.717, 1.165) is 30.5 Å². The summed E-state index contributed by atoms with van der Waals surface area (Å²) >= 11 is 6.34. The molecule has 8 nitrogen and oxygen atoms in total. The maximum absolute atomic E-state index is 14.7. The lowest BCUT2D eigenvalue weighted by Crippen LogP contribution is -2.29. The fourth-order valence-electron chi connectivity index (χ4n) is 4.74. The number of nitrogens with zero attached hydrogens (tertiary/aromatic N) is 1. The van der Waals surface area contributed by atoms with E-state index in [0.29, 0.717) is 11.6 Å². The molecule has 48 heavy (non-hydrogen) atoms.